The van der Waals surface area contributed by atoms with E-state index in [4.69, 9.17) is 11.6 Å². The molecular formula is C16H15BrClNO. The lowest BCUT2D eigenvalue weighted by Crippen LogP contribution is -2.08. The molecule has 0 aliphatic rings. The Bertz CT molecular complexity index is 610. The summed E-state index contributed by atoms with van der Waals surface area (Å²) in [4.78, 5) is 12.0. The van der Waals surface area contributed by atoms with Crippen molar-refractivity contribution in [1.82, 2.24) is 0 Å². The molecule has 0 radical (unpaired) electrons. The number of hydrogen-bond acceptors (Lipinski definition) is 2. The Morgan fingerprint density at radius 1 is 1.20 bits per heavy atom. The lowest BCUT2D eigenvalue weighted by atomic mass is 10.1. The zero-order chi connectivity index (χ0) is 14.5. The Morgan fingerprint density at radius 2 is 1.90 bits per heavy atom. The summed E-state index contributed by atoms with van der Waals surface area (Å²) in [5.41, 5.74) is 2.71. The van der Waals surface area contributed by atoms with Gasteiger partial charge in [-0.1, -0.05) is 45.7 Å². The highest BCUT2D eigenvalue weighted by molar-refractivity contribution is 9.10. The number of Topliss-reactive ketones (excluding diaryl/α,β-unsaturated/α-hetero) is 1. The summed E-state index contributed by atoms with van der Waals surface area (Å²) in [6, 6.07) is 13.2. The molecule has 2 nitrogen and oxygen atoms in total. The number of halogens is 2. The second kappa shape index (κ2) is 6.91. The Labute approximate surface area is 132 Å². The van der Waals surface area contributed by atoms with E-state index in [-0.39, 0.29) is 5.78 Å². The van der Waals surface area contributed by atoms with Crippen LogP contribution in [0, 0.1) is 6.92 Å². The van der Waals surface area contributed by atoms with Gasteiger partial charge in [-0.3, -0.25) is 4.79 Å². The number of carbonyl (C=O) groups is 1. The number of anilines is 1. The van der Waals surface area contributed by atoms with Crippen molar-refractivity contribution in [1.29, 1.82) is 0 Å². The van der Waals surface area contributed by atoms with Crippen LogP contribution in [0.25, 0.3) is 0 Å². The van der Waals surface area contributed by atoms with Gasteiger partial charge in [0.25, 0.3) is 0 Å². The molecular weight excluding hydrogens is 338 g/mol. The molecule has 0 aliphatic heterocycles. The van der Waals surface area contributed by atoms with Crippen LogP contribution < -0.4 is 5.32 Å². The first-order chi connectivity index (χ1) is 9.56. The van der Waals surface area contributed by atoms with Crippen molar-refractivity contribution < 1.29 is 4.79 Å². The van der Waals surface area contributed by atoms with Gasteiger partial charge >= 0.3 is 0 Å². The highest BCUT2D eigenvalue weighted by Gasteiger charge is 2.05. The van der Waals surface area contributed by atoms with Crippen LogP contribution in [0.15, 0.2) is 46.9 Å². The van der Waals surface area contributed by atoms with Crippen LogP contribution in [-0.4, -0.2) is 12.3 Å². The van der Waals surface area contributed by atoms with Gasteiger partial charge in [0.15, 0.2) is 5.78 Å². The molecule has 0 amide bonds. The standard InChI is InChI=1S/C16H15BrClNO/c1-11-2-7-14(10-15(11)18)19-9-8-16(20)12-3-5-13(17)6-4-12/h2-7,10,19H,8-9H2,1H3. The van der Waals surface area contributed by atoms with Crippen LogP contribution in [0.5, 0.6) is 0 Å². The van der Waals surface area contributed by atoms with Crippen LogP contribution in [0.3, 0.4) is 0 Å². The zero-order valence-electron chi connectivity index (χ0n) is 11.1. The Morgan fingerprint density at radius 3 is 2.55 bits per heavy atom. The monoisotopic (exact) mass is 351 g/mol. The molecule has 0 saturated heterocycles. The molecule has 0 fully saturated rings. The Kier molecular flexibility index (Phi) is 5.21. The van der Waals surface area contributed by atoms with Gasteiger partial charge < -0.3 is 5.32 Å². The molecule has 2 aromatic carbocycles. The minimum Gasteiger partial charge on any atom is -0.385 e. The van der Waals surface area contributed by atoms with Crippen molar-refractivity contribution in [3.05, 3.63) is 63.1 Å². The molecule has 1 N–H and O–H groups in total. The van der Waals surface area contributed by atoms with Gasteiger partial charge in [-0.15, -0.1) is 0 Å². The van der Waals surface area contributed by atoms with Gasteiger partial charge in [-0.05, 0) is 36.8 Å². The average molecular weight is 353 g/mol. The molecule has 0 aliphatic carbocycles. The molecule has 0 saturated carbocycles. The maximum atomic E-state index is 12.0. The molecule has 0 atom stereocenters. The topological polar surface area (TPSA) is 29.1 Å². The lowest BCUT2D eigenvalue weighted by molar-refractivity contribution is 0.0986. The first kappa shape index (κ1) is 15.1. The molecule has 2 aromatic rings. The molecule has 20 heavy (non-hydrogen) atoms. The SMILES string of the molecule is Cc1ccc(NCCC(=O)c2ccc(Br)cc2)cc1Cl. The summed E-state index contributed by atoms with van der Waals surface area (Å²) in [6.07, 6.45) is 0.452. The Hall–Kier alpha value is -1.32. The van der Waals surface area contributed by atoms with E-state index in [1.54, 1.807) is 0 Å². The number of carbonyl (C=O) groups excluding carboxylic acids is 1. The average Bonchev–Trinajstić information content (AvgIpc) is 2.43. The maximum absolute atomic E-state index is 12.0. The molecule has 104 valence electrons. The van der Waals surface area contributed by atoms with Crippen molar-refractivity contribution in [2.45, 2.75) is 13.3 Å². The normalized spacial score (nSPS) is 10.3. The van der Waals surface area contributed by atoms with Crippen molar-refractivity contribution >= 4 is 39.0 Å². The van der Waals surface area contributed by atoms with E-state index < -0.39 is 0 Å². The van der Waals surface area contributed by atoms with Gasteiger partial charge in [0.1, 0.15) is 0 Å². The van der Waals surface area contributed by atoms with Crippen LogP contribution in [0.4, 0.5) is 5.69 Å². The van der Waals surface area contributed by atoms with Crippen LogP contribution >= 0.6 is 27.5 Å². The van der Waals surface area contributed by atoms with E-state index in [1.807, 2.05) is 49.4 Å². The van der Waals surface area contributed by atoms with E-state index in [0.717, 1.165) is 26.3 Å². The van der Waals surface area contributed by atoms with Gasteiger partial charge in [-0.2, -0.15) is 0 Å². The van der Waals surface area contributed by atoms with Crippen molar-refractivity contribution in [3.63, 3.8) is 0 Å². The lowest BCUT2D eigenvalue weighted by Gasteiger charge is -2.07. The predicted molar refractivity (Wildman–Crippen MR) is 87.8 cm³/mol. The molecule has 4 heteroatoms. The largest absolute Gasteiger partial charge is 0.385 e. The van der Waals surface area contributed by atoms with Crippen LogP contribution in [0.2, 0.25) is 5.02 Å². The smallest absolute Gasteiger partial charge is 0.164 e. The molecule has 0 heterocycles. The molecule has 0 bridgehead atoms. The number of ketones is 1. The summed E-state index contributed by atoms with van der Waals surface area (Å²) < 4.78 is 0.974. The third kappa shape index (κ3) is 4.09. The number of benzene rings is 2. The van der Waals surface area contributed by atoms with Crippen molar-refractivity contribution in [2.75, 3.05) is 11.9 Å². The van der Waals surface area contributed by atoms with E-state index in [0.29, 0.717) is 13.0 Å². The predicted octanol–water partition coefficient (Wildman–Crippen LogP) is 5.10. The van der Waals surface area contributed by atoms with Crippen molar-refractivity contribution in [2.24, 2.45) is 0 Å². The summed E-state index contributed by atoms with van der Waals surface area (Å²) in [6.45, 7) is 2.55. The van der Waals surface area contributed by atoms with Gasteiger partial charge in [0, 0.05) is 33.7 Å². The first-order valence-corrected chi connectivity index (χ1v) is 7.52. The van der Waals surface area contributed by atoms with Gasteiger partial charge in [0.05, 0.1) is 0 Å². The quantitative estimate of drug-likeness (QED) is 0.759. The number of aryl methyl sites for hydroxylation is 1. The summed E-state index contributed by atoms with van der Waals surface area (Å²) in [5, 5.41) is 3.94. The number of nitrogens with one attached hydrogen (secondary N) is 1. The van der Waals surface area contributed by atoms with Gasteiger partial charge in [-0.25, -0.2) is 0 Å². The minimum absolute atomic E-state index is 0.128. The second-order valence-electron chi connectivity index (χ2n) is 4.57. The maximum Gasteiger partial charge on any atom is 0.164 e. The summed E-state index contributed by atoms with van der Waals surface area (Å²) >= 11 is 9.41. The highest BCUT2D eigenvalue weighted by atomic mass is 79.9. The van der Waals surface area contributed by atoms with E-state index in [2.05, 4.69) is 21.2 Å². The fraction of sp³-hybridized carbons (Fsp3) is 0.188. The second-order valence-corrected chi connectivity index (χ2v) is 5.89. The third-order valence-electron chi connectivity index (χ3n) is 3.02. The summed E-state index contributed by atoms with van der Waals surface area (Å²) in [7, 11) is 0. The van der Waals surface area contributed by atoms with E-state index in [1.165, 1.54) is 0 Å². The zero-order valence-corrected chi connectivity index (χ0v) is 13.5. The molecule has 2 rings (SSSR count). The van der Waals surface area contributed by atoms with Gasteiger partial charge in [0.2, 0.25) is 0 Å². The van der Waals surface area contributed by atoms with Crippen LogP contribution in [-0.2, 0) is 0 Å². The molecule has 0 spiro atoms. The first-order valence-electron chi connectivity index (χ1n) is 6.35. The minimum atomic E-state index is 0.128. The molecule has 0 unspecified atom stereocenters. The molecule has 0 aromatic heterocycles. The third-order valence-corrected chi connectivity index (χ3v) is 3.96. The van der Waals surface area contributed by atoms with Crippen LogP contribution in [0.1, 0.15) is 22.3 Å². The summed E-state index contributed by atoms with van der Waals surface area (Å²) in [5.74, 6) is 0.128. The van der Waals surface area contributed by atoms with E-state index in [9.17, 15) is 4.79 Å². The van der Waals surface area contributed by atoms with E-state index >= 15 is 0 Å². The highest BCUT2D eigenvalue weighted by Crippen LogP contribution is 2.20. The number of hydrogen-bond donors (Lipinski definition) is 1. The number of rotatable bonds is 5. The fourth-order valence-electron chi connectivity index (χ4n) is 1.80. The Balaban J connectivity index is 1.87. The van der Waals surface area contributed by atoms with Crippen molar-refractivity contribution in [3.8, 4) is 0 Å². The fourth-order valence-corrected chi connectivity index (χ4v) is 2.25.